The number of aliphatic hydroxyl groups is 1. The Morgan fingerprint density at radius 3 is 2.10 bits per heavy atom. The smallest absolute Gasteiger partial charge is 0.0851 e. The molecule has 104 valence electrons. The molecule has 0 spiro atoms. The molecule has 1 heterocycles. The Kier molecular flexibility index (Phi) is 3.60. The van der Waals surface area contributed by atoms with Gasteiger partial charge in [-0.3, -0.25) is 4.90 Å². The highest BCUT2D eigenvalue weighted by Gasteiger charge is 2.48. The third-order valence-electron chi connectivity index (χ3n) is 4.45. The van der Waals surface area contributed by atoms with E-state index in [0.717, 1.165) is 19.5 Å². The van der Waals surface area contributed by atoms with Gasteiger partial charge in [-0.05, 0) is 24.5 Å². The molecule has 2 atom stereocenters. The van der Waals surface area contributed by atoms with E-state index < -0.39 is 0 Å². The summed E-state index contributed by atoms with van der Waals surface area (Å²) < 4.78 is 0. The summed E-state index contributed by atoms with van der Waals surface area (Å²) in [6, 6.07) is 20.9. The Morgan fingerprint density at radius 2 is 1.55 bits per heavy atom. The van der Waals surface area contributed by atoms with Crippen LogP contribution in [0, 0.1) is 0 Å². The second kappa shape index (κ2) is 5.39. The summed E-state index contributed by atoms with van der Waals surface area (Å²) in [5, 5.41) is 10.2. The molecule has 1 aliphatic rings. The van der Waals surface area contributed by atoms with Crippen molar-refractivity contribution >= 4 is 0 Å². The van der Waals surface area contributed by atoms with Crippen molar-refractivity contribution < 1.29 is 5.11 Å². The monoisotopic (exact) mass is 267 g/mol. The highest BCUT2D eigenvalue weighted by Crippen LogP contribution is 2.35. The fourth-order valence-electron chi connectivity index (χ4n) is 3.00. The number of likely N-dealkylation sites (tertiary alicyclic amines) is 1. The molecule has 1 fully saturated rings. The second-order valence-corrected chi connectivity index (χ2v) is 5.90. The molecule has 1 N–H and O–H groups in total. The summed E-state index contributed by atoms with van der Waals surface area (Å²) in [7, 11) is 0. The van der Waals surface area contributed by atoms with Crippen molar-refractivity contribution in [3.05, 3.63) is 71.8 Å². The highest BCUT2D eigenvalue weighted by atomic mass is 16.3. The summed E-state index contributed by atoms with van der Waals surface area (Å²) in [5.74, 6) is 0. The van der Waals surface area contributed by atoms with Crippen molar-refractivity contribution in [3.63, 3.8) is 0 Å². The fraction of sp³-hybridized carbons (Fsp3) is 0.333. The van der Waals surface area contributed by atoms with Gasteiger partial charge in [0.15, 0.2) is 0 Å². The van der Waals surface area contributed by atoms with Crippen LogP contribution < -0.4 is 0 Å². The molecule has 1 aliphatic heterocycles. The van der Waals surface area contributed by atoms with Crippen LogP contribution in [0.25, 0.3) is 0 Å². The Balaban J connectivity index is 1.73. The molecule has 2 nitrogen and oxygen atoms in total. The minimum absolute atomic E-state index is 0.156. The van der Waals surface area contributed by atoms with Gasteiger partial charge in [-0.1, -0.05) is 60.7 Å². The molecule has 2 unspecified atom stereocenters. The predicted molar refractivity (Wildman–Crippen MR) is 81.4 cm³/mol. The van der Waals surface area contributed by atoms with Crippen LogP contribution in [0.4, 0.5) is 0 Å². The molecular weight excluding hydrogens is 246 g/mol. The van der Waals surface area contributed by atoms with E-state index >= 15 is 0 Å². The lowest BCUT2D eigenvalue weighted by molar-refractivity contribution is -0.132. The lowest BCUT2D eigenvalue weighted by Gasteiger charge is -2.55. The van der Waals surface area contributed by atoms with Gasteiger partial charge in [-0.2, -0.15) is 0 Å². The quantitative estimate of drug-likeness (QED) is 0.920. The first-order valence-electron chi connectivity index (χ1n) is 7.19. The molecule has 0 bridgehead atoms. The SMILES string of the molecule is CC1(Cc2ccccc2)C(O)CN1Cc1ccccc1. The number of hydrogen-bond acceptors (Lipinski definition) is 2. The summed E-state index contributed by atoms with van der Waals surface area (Å²) in [6.07, 6.45) is 0.647. The van der Waals surface area contributed by atoms with Gasteiger partial charge in [-0.15, -0.1) is 0 Å². The lowest BCUT2D eigenvalue weighted by atomic mass is 9.78. The average Bonchev–Trinajstić information content (AvgIpc) is 2.49. The van der Waals surface area contributed by atoms with Crippen LogP contribution in [0.3, 0.4) is 0 Å². The van der Waals surface area contributed by atoms with E-state index in [1.54, 1.807) is 0 Å². The number of rotatable bonds is 4. The maximum Gasteiger partial charge on any atom is 0.0851 e. The van der Waals surface area contributed by atoms with Crippen molar-refractivity contribution in [3.8, 4) is 0 Å². The van der Waals surface area contributed by atoms with E-state index in [4.69, 9.17) is 0 Å². The standard InChI is InChI=1S/C18H21NO/c1-18(12-15-8-4-2-5-9-15)17(20)14-19(18)13-16-10-6-3-7-11-16/h2-11,17,20H,12-14H2,1H3. The van der Waals surface area contributed by atoms with Crippen molar-refractivity contribution in [1.29, 1.82) is 0 Å². The molecule has 0 radical (unpaired) electrons. The first-order chi connectivity index (χ1) is 9.68. The van der Waals surface area contributed by atoms with Gasteiger partial charge in [0.05, 0.1) is 6.10 Å². The second-order valence-electron chi connectivity index (χ2n) is 5.90. The van der Waals surface area contributed by atoms with Gasteiger partial charge in [0.2, 0.25) is 0 Å². The van der Waals surface area contributed by atoms with E-state index in [9.17, 15) is 5.11 Å². The summed E-state index contributed by atoms with van der Waals surface area (Å²) >= 11 is 0. The maximum atomic E-state index is 10.2. The minimum Gasteiger partial charge on any atom is -0.390 e. The fourth-order valence-corrected chi connectivity index (χ4v) is 3.00. The number of benzene rings is 2. The molecule has 20 heavy (non-hydrogen) atoms. The summed E-state index contributed by atoms with van der Waals surface area (Å²) in [6.45, 7) is 3.83. The first-order valence-corrected chi connectivity index (χ1v) is 7.19. The van der Waals surface area contributed by atoms with Crippen LogP contribution in [-0.4, -0.2) is 28.2 Å². The molecule has 0 saturated carbocycles. The molecule has 1 saturated heterocycles. The maximum absolute atomic E-state index is 10.2. The van der Waals surface area contributed by atoms with Crippen LogP contribution in [0.5, 0.6) is 0 Å². The van der Waals surface area contributed by atoms with Crippen LogP contribution in [0.1, 0.15) is 18.1 Å². The van der Waals surface area contributed by atoms with E-state index in [2.05, 4.69) is 60.4 Å². The zero-order valence-corrected chi connectivity index (χ0v) is 11.9. The van der Waals surface area contributed by atoms with E-state index in [1.807, 2.05) is 12.1 Å². The van der Waals surface area contributed by atoms with Crippen molar-refractivity contribution in [2.24, 2.45) is 0 Å². The van der Waals surface area contributed by atoms with Gasteiger partial charge in [0, 0.05) is 18.6 Å². The first kappa shape index (κ1) is 13.3. The summed E-state index contributed by atoms with van der Waals surface area (Å²) in [5.41, 5.74) is 2.43. The molecule has 0 aliphatic carbocycles. The molecule has 3 rings (SSSR count). The van der Waals surface area contributed by atoms with Gasteiger partial charge >= 0.3 is 0 Å². The molecule has 0 aromatic heterocycles. The van der Waals surface area contributed by atoms with Gasteiger partial charge < -0.3 is 5.11 Å². The van der Waals surface area contributed by atoms with Gasteiger partial charge in [-0.25, -0.2) is 0 Å². The lowest BCUT2D eigenvalue weighted by Crippen LogP contribution is -2.69. The third-order valence-corrected chi connectivity index (χ3v) is 4.45. The Bertz CT molecular complexity index is 554. The summed E-state index contributed by atoms with van der Waals surface area (Å²) in [4.78, 5) is 2.38. The molecule has 2 aromatic carbocycles. The van der Waals surface area contributed by atoms with Crippen LogP contribution in [0.2, 0.25) is 0 Å². The van der Waals surface area contributed by atoms with Gasteiger partial charge in [0.25, 0.3) is 0 Å². The molecule has 0 amide bonds. The Hall–Kier alpha value is -1.64. The Morgan fingerprint density at radius 1 is 1.00 bits per heavy atom. The number of hydrogen-bond donors (Lipinski definition) is 1. The van der Waals surface area contributed by atoms with Crippen LogP contribution in [-0.2, 0) is 13.0 Å². The normalized spacial score (nSPS) is 26.2. The highest BCUT2D eigenvalue weighted by molar-refractivity contribution is 5.22. The topological polar surface area (TPSA) is 23.5 Å². The molecule has 2 heteroatoms. The zero-order chi connectivity index (χ0) is 14.0. The van der Waals surface area contributed by atoms with E-state index in [1.165, 1.54) is 11.1 Å². The van der Waals surface area contributed by atoms with Crippen molar-refractivity contribution in [1.82, 2.24) is 4.90 Å². The predicted octanol–water partition coefficient (Wildman–Crippen LogP) is 2.86. The van der Waals surface area contributed by atoms with Gasteiger partial charge in [0.1, 0.15) is 0 Å². The van der Waals surface area contributed by atoms with E-state index in [-0.39, 0.29) is 11.6 Å². The Labute approximate surface area is 120 Å². The average molecular weight is 267 g/mol. The molecular formula is C18H21NO. The largest absolute Gasteiger partial charge is 0.390 e. The zero-order valence-electron chi connectivity index (χ0n) is 11.9. The van der Waals surface area contributed by atoms with Crippen molar-refractivity contribution in [2.45, 2.75) is 31.5 Å². The van der Waals surface area contributed by atoms with Crippen molar-refractivity contribution in [2.75, 3.05) is 6.54 Å². The van der Waals surface area contributed by atoms with Crippen LogP contribution >= 0.6 is 0 Å². The van der Waals surface area contributed by atoms with Crippen LogP contribution in [0.15, 0.2) is 60.7 Å². The minimum atomic E-state index is -0.244. The number of nitrogens with zero attached hydrogens (tertiary/aromatic N) is 1. The number of β-amino-alcohol motifs (C(OH)–C–C–N with tert-alkyl or cyclic N) is 1. The third kappa shape index (κ3) is 2.49. The van der Waals surface area contributed by atoms with E-state index in [0.29, 0.717) is 0 Å². The number of aliphatic hydroxyl groups excluding tert-OH is 1. The molecule has 2 aromatic rings.